The molecule has 7 heteroatoms. The van der Waals surface area contributed by atoms with Gasteiger partial charge in [0.1, 0.15) is 5.60 Å². The van der Waals surface area contributed by atoms with Crippen LogP contribution < -0.4 is 5.32 Å². The van der Waals surface area contributed by atoms with E-state index in [4.69, 9.17) is 9.47 Å². The molecule has 1 aliphatic heterocycles. The minimum Gasteiger partial charge on any atom is -0.444 e. The van der Waals surface area contributed by atoms with E-state index in [-0.39, 0.29) is 18.6 Å². The van der Waals surface area contributed by atoms with Crippen molar-refractivity contribution in [3.63, 3.8) is 0 Å². The predicted molar refractivity (Wildman–Crippen MR) is 136 cm³/mol. The number of aliphatic hydroxyl groups excluding tert-OH is 1. The van der Waals surface area contributed by atoms with Crippen LogP contribution in [-0.2, 0) is 20.7 Å². The molecule has 4 atom stereocenters. The number of nitrogens with one attached hydrogen (secondary N) is 1. The standard InChI is InChI=1S/C28H44N2O5/c1-20(31)29-24(17-22-13-9-6-10-14-22)26(32)25-19-34-23(16-15-21-11-7-5-8-12-21)18-30(25)27(33)35-28(2,3)4/h6,9-10,13-14,21,23-26,32H,5,7-8,11-12,15-19H2,1-4H3,(H,29,31)/t23-,24-,25+,26-/m0/s1. The number of carbonyl (C=O) groups is 2. The normalized spacial score (nSPS) is 23.4. The van der Waals surface area contributed by atoms with Gasteiger partial charge in [-0.2, -0.15) is 0 Å². The maximum atomic E-state index is 13.2. The molecule has 2 amide bonds. The van der Waals surface area contributed by atoms with Crippen LogP contribution in [0.1, 0.15) is 78.2 Å². The Morgan fingerprint density at radius 2 is 1.83 bits per heavy atom. The molecule has 2 fully saturated rings. The third-order valence-corrected chi connectivity index (χ3v) is 7.05. The zero-order valence-corrected chi connectivity index (χ0v) is 21.9. The molecule has 0 radical (unpaired) electrons. The van der Waals surface area contributed by atoms with Crippen LogP contribution in [0.2, 0.25) is 0 Å². The second kappa shape index (κ2) is 12.7. The summed E-state index contributed by atoms with van der Waals surface area (Å²) in [5.41, 5.74) is 0.347. The molecule has 2 N–H and O–H groups in total. The summed E-state index contributed by atoms with van der Waals surface area (Å²) < 4.78 is 11.9. The molecule has 1 aromatic carbocycles. The molecule has 35 heavy (non-hydrogen) atoms. The van der Waals surface area contributed by atoms with Gasteiger partial charge in [0, 0.05) is 6.92 Å². The number of aliphatic hydroxyl groups is 1. The number of nitrogens with zero attached hydrogens (tertiary/aromatic N) is 1. The quantitative estimate of drug-likeness (QED) is 0.564. The summed E-state index contributed by atoms with van der Waals surface area (Å²) in [6.45, 7) is 7.55. The molecule has 1 aromatic rings. The van der Waals surface area contributed by atoms with Crippen molar-refractivity contribution in [2.45, 2.75) is 109 Å². The van der Waals surface area contributed by atoms with E-state index in [0.717, 1.165) is 24.3 Å². The number of benzene rings is 1. The maximum absolute atomic E-state index is 13.2. The van der Waals surface area contributed by atoms with Gasteiger partial charge >= 0.3 is 6.09 Å². The lowest BCUT2D eigenvalue weighted by molar-refractivity contribution is -0.124. The highest BCUT2D eigenvalue weighted by atomic mass is 16.6. The van der Waals surface area contributed by atoms with E-state index in [2.05, 4.69) is 5.32 Å². The Bertz CT molecular complexity index is 803. The number of hydrogen-bond acceptors (Lipinski definition) is 5. The fourth-order valence-electron chi connectivity index (χ4n) is 5.27. The van der Waals surface area contributed by atoms with Gasteiger partial charge in [-0.3, -0.25) is 9.69 Å². The second-order valence-corrected chi connectivity index (χ2v) is 11.2. The third kappa shape index (κ3) is 8.80. The molecule has 3 rings (SSSR count). The summed E-state index contributed by atoms with van der Waals surface area (Å²) in [6.07, 6.45) is 7.41. The Labute approximate surface area is 210 Å². The molecule has 1 heterocycles. The molecular formula is C28H44N2O5. The molecular weight excluding hydrogens is 444 g/mol. The molecule has 0 unspecified atom stereocenters. The fourth-order valence-corrected chi connectivity index (χ4v) is 5.27. The van der Waals surface area contributed by atoms with Crippen molar-refractivity contribution in [1.29, 1.82) is 0 Å². The van der Waals surface area contributed by atoms with Crippen LogP contribution in [-0.4, -0.2) is 65.1 Å². The van der Waals surface area contributed by atoms with Gasteiger partial charge in [0.2, 0.25) is 5.91 Å². The van der Waals surface area contributed by atoms with E-state index in [9.17, 15) is 14.7 Å². The van der Waals surface area contributed by atoms with Crippen LogP contribution in [0.15, 0.2) is 30.3 Å². The average Bonchev–Trinajstić information content (AvgIpc) is 2.82. The van der Waals surface area contributed by atoms with Crippen molar-refractivity contribution in [2.75, 3.05) is 13.2 Å². The Balaban J connectivity index is 1.73. The highest BCUT2D eigenvalue weighted by molar-refractivity contribution is 5.73. The number of rotatable bonds is 8. The summed E-state index contributed by atoms with van der Waals surface area (Å²) in [7, 11) is 0. The van der Waals surface area contributed by atoms with Gasteiger partial charge in [0.15, 0.2) is 0 Å². The van der Waals surface area contributed by atoms with Crippen molar-refractivity contribution in [2.24, 2.45) is 5.92 Å². The fraction of sp³-hybridized carbons (Fsp3) is 0.714. The van der Waals surface area contributed by atoms with Crippen molar-refractivity contribution in [1.82, 2.24) is 10.2 Å². The van der Waals surface area contributed by atoms with Crippen LogP contribution in [0.5, 0.6) is 0 Å². The first-order valence-corrected chi connectivity index (χ1v) is 13.2. The van der Waals surface area contributed by atoms with Crippen molar-refractivity contribution < 1.29 is 24.2 Å². The Hall–Kier alpha value is -2.12. The van der Waals surface area contributed by atoms with Crippen LogP contribution in [0.3, 0.4) is 0 Å². The summed E-state index contributed by atoms with van der Waals surface area (Å²) >= 11 is 0. The zero-order chi connectivity index (χ0) is 25.4. The minimum absolute atomic E-state index is 0.0822. The maximum Gasteiger partial charge on any atom is 0.410 e. The first-order chi connectivity index (χ1) is 16.6. The SMILES string of the molecule is CC(=O)N[C@@H](Cc1ccccc1)[C@H](O)[C@H]1CO[C@@H](CCC2CCCCC2)CN1C(=O)OC(C)(C)C. The monoisotopic (exact) mass is 488 g/mol. The van der Waals surface area contributed by atoms with Gasteiger partial charge < -0.3 is 19.9 Å². The van der Waals surface area contributed by atoms with E-state index in [1.165, 1.54) is 39.0 Å². The first kappa shape index (κ1) is 27.5. The summed E-state index contributed by atoms with van der Waals surface area (Å²) in [4.78, 5) is 26.8. The van der Waals surface area contributed by atoms with E-state index in [1.807, 2.05) is 51.1 Å². The number of carbonyl (C=O) groups excluding carboxylic acids is 2. The van der Waals surface area contributed by atoms with E-state index < -0.39 is 29.9 Å². The second-order valence-electron chi connectivity index (χ2n) is 11.2. The van der Waals surface area contributed by atoms with E-state index >= 15 is 0 Å². The number of ether oxygens (including phenoxy) is 2. The molecule has 1 saturated carbocycles. The van der Waals surface area contributed by atoms with Crippen LogP contribution >= 0.6 is 0 Å². The lowest BCUT2D eigenvalue weighted by atomic mass is 9.85. The van der Waals surface area contributed by atoms with Crippen LogP contribution in [0.4, 0.5) is 4.79 Å². The van der Waals surface area contributed by atoms with E-state index in [0.29, 0.717) is 13.0 Å². The summed E-state index contributed by atoms with van der Waals surface area (Å²) in [5, 5.41) is 14.3. The minimum atomic E-state index is -1.01. The lowest BCUT2D eigenvalue weighted by Crippen LogP contribution is -2.62. The third-order valence-electron chi connectivity index (χ3n) is 7.05. The first-order valence-electron chi connectivity index (χ1n) is 13.2. The van der Waals surface area contributed by atoms with Crippen molar-refractivity contribution >= 4 is 12.0 Å². The van der Waals surface area contributed by atoms with Gasteiger partial charge in [0.05, 0.1) is 37.4 Å². The number of morpholine rings is 1. The van der Waals surface area contributed by atoms with Crippen molar-refractivity contribution in [3.05, 3.63) is 35.9 Å². The van der Waals surface area contributed by atoms with Gasteiger partial charge in [-0.05, 0) is 51.5 Å². The van der Waals surface area contributed by atoms with Crippen LogP contribution in [0.25, 0.3) is 0 Å². The zero-order valence-electron chi connectivity index (χ0n) is 21.9. The molecule has 0 bridgehead atoms. The van der Waals surface area contributed by atoms with Crippen molar-refractivity contribution in [3.8, 4) is 0 Å². The highest BCUT2D eigenvalue weighted by Gasteiger charge is 2.41. The molecule has 0 aromatic heterocycles. The molecule has 1 saturated heterocycles. The van der Waals surface area contributed by atoms with Gasteiger partial charge in [-0.15, -0.1) is 0 Å². The van der Waals surface area contributed by atoms with E-state index in [1.54, 1.807) is 4.90 Å². The predicted octanol–water partition coefficient (Wildman–Crippen LogP) is 4.46. The largest absolute Gasteiger partial charge is 0.444 e. The Kier molecular flexibility index (Phi) is 9.99. The molecule has 1 aliphatic carbocycles. The van der Waals surface area contributed by atoms with Gasteiger partial charge in [-0.25, -0.2) is 4.79 Å². The van der Waals surface area contributed by atoms with Crippen LogP contribution in [0, 0.1) is 5.92 Å². The number of amides is 2. The average molecular weight is 489 g/mol. The Morgan fingerprint density at radius 3 is 2.46 bits per heavy atom. The van der Waals surface area contributed by atoms with Gasteiger partial charge in [-0.1, -0.05) is 62.4 Å². The van der Waals surface area contributed by atoms with Gasteiger partial charge in [0.25, 0.3) is 0 Å². The lowest BCUT2D eigenvalue weighted by Gasteiger charge is -2.44. The smallest absolute Gasteiger partial charge is 0.410 e. The Morgan fingerprint density at radius 1 is 1.14 bits per heavy atom. The number of hydrogen-bond donors (Lipinski definition) is 2. The highest BCUT2D eigenvalue weighted by Crippen LogP contribution is 2.30. The summed E-state index contributed by atoms with van der Waals surface area (Å²) in [6, 6.07) is 8.54. The molecule has 0 spiro atoms. The summed E-state index contributed by atoms with van der Waals surface area (Å²) in [5.74, 6) is 0.511. The topological polar surface area (TPSA) is 88.1 Å². The molecule has 2 aliphatic rings. The molecule has 196 valence electrons. The molecule has 7 nitrogen and oxygen atoms in total.